The van der Waals surface area contributed by atoms with Crippen LogP contribution in [0.25, 0.3) is 16.9 Å². The molecule has 23 heavy (non-hydrogen) atoms. The van der Waals surface area contributed by atoms with Crippen molar-refractivity contribution in [2.45, 2.75) is 0 Å². The van der Waals surface area contributed by atoms with Gasteiger partial charge in [0, 0.05) is 5.56 Å². The smallest absolute Gasteiger partial charge is 0.335 e. The highest BCUT2D eigenvalue weighted by molar-refractivity contribution is 5.88. The fourth-order valence-electron chi connectivity index (χ4n) is 2.20. The number of benzene rings is 2. The van der Waals surface area contributed by atoms with Crippen molar-refractivity contribution in [1.82, 2.24) is 15.0 Å². The molecule has 1 aromatic heterocycles. The SMILES string of the molecule is O=Cc1nnn(-c2ccc(C(=O)O)cc2)c1-c1ccccc1F. The van der Waals surface area contributed by atoms with Crippen LogP contribution in [0.15, 0.2) is 48.5 Å². The van der Waals surface area contributed by atoms with Gasteiger partial charge in [0.05, 0.1) is 11.3 Å². The molecule has 0 saturated carbocycles. The number of hydrogen-bond acceptors (Lipinski definition) is 4. The van der Waals surface area contributed by atoms with Crippen LogP contribution in [-0.2, 0) is 0 Å². The van der Waals surface area contributed by atoms with Crippen LogP contribution in [0.2, 0.25) is 0 Å². The quantitative estimate of drug-likeness (QED) is 0.749. The van der Waals surface area contributed by atoms with E-state index in [0.717, 1.165) is 0 Å². The first-order valence-corrected chi connectivity index (χ1v) is 6.61. The zero-order valence-corrected chi connectivity index (χ0v) is 11.7. The number of aromatic carboxylic acids is 1. The molecule has 3 rings (SSSR count). The summed E-state index contributed by atoms with van der Waals surface area (Å²) in [6.45, 7) is 0. The second-order valence-electron chi connectivity index (χ2n) is 4.68. The van der Waals surface area contributed by atoms with Crippen molar-refractivity contribution in [1.29, 1.82) is 0 Å². The first kappa shape index (κ1) is 14.6. The van der Waals surface area contributed by atoms with Crippen LogP contribution in [0.5, 0.6) is 0 Å². The molecule has 0 unspecified atom stereocenters. The van der Waals surface area contributed by atoms with Crippen LogP contribution >= 0.6 is 0 Å². The topological polar surface area (TPSA) is 85.1 Å². The van der Waals surface area contributed by atoms with Gasteiger partial charge < -0.3 is 5.11 Å². The predicted molar refractivity (Wildman–Crippen MR) is 79.1 cm³/mol. The molecule has 1 heterocycles. The van der Waals surface area contributed by atoms with Crippen LogP contribution in [-0.4, -0.2) is 32.4 Å². The number of carbonyl (C=O) groups is 2. The summed E-state index contributed by atoms with van der Waals surface area (Å²) in [6, 6.07) is 11.8. The van der Waals surface area contributed by atoms with E-state index in [1.54, 1.807) is 6.07 Å². The molecule has 0 fully saturated rings. The van der Waals surface area contributed by atoms with E-state index in [1.807, 2.05) is 0 Å². The summed E-state index contributed by atoms with van der Waals surface area (Å²) in [7, 11) is 0. The Bertz CT molecular complexity index is 888. The van der Waals surface area contributed by atoms with E-state index >= 15 is 0 Å². The van der Waals surface area contributed by atoms with Crippen molar-refractivity contribution in [3.05, 3.63) is 65.6 Å². The maximum atomic E-state index is 14.1. The van der Waals surface area contributed by atoms with Crippen molar-refractivity contribution in [2.24, 2.45) is 0 Å². The van der Waals surface area contributed by atoms with Crippen LogP contribution in [0.3, 0.4) is 0 Å². The Labute approximate surface area is 129 Å². The molecule has 0 radical (unpaired) electrons. The Morgan fingerprint density at radius 1 is 1.13 bits per heavy atom. The normalized spacial score (nSPS) is 10.5. The number of aldehydes is 1. The van der Waals surface area contributed by atoms with Crippen molar-refractivity contribution in [2.75, 3.05) is 0 Å². The minimum absolute atomic E-state index is 0.00240. The van der Waals surface area contributed by atoms with Gasteiger partial charge in [0.15, 0.2) is 12.0 Å². The molecule has 0 aliphatic rings. The third-order valence-electron chi connectivity index (χ3n) is 3.30. The Morgan fingerprint density at radius 3 is 2.43 bits per heavy atom. The van der Waals surface area contributed by atoms with Crippen LogP contribution in [0.1, 0.15) is 20.8 Å². The number of aromatic nitrogens is 3. The lowest BCUT2D eigenvalue weighted by Crippen LogP contribution is -2.03. The molecular weight excluding hydrogens is 301 g/mol. The number of carboxylic acids is 1. The highest BCUT2D eigenvalue weighted by Gasteiger charge is 2.18. The highest BCUT2D eigenvalue weighted by Crippen LogP contribution is 2.26. The summed E-state index contributed by atoms with van der Waals surface area (Å²) in [5.41, 5.74) is 0.964. The Kier molecular flexibility index (Phi) is 3.68. The molecule has 0 aliphatic heterocycles. The molecular formula is C16H10FN3O3. The first-order valence-electron chi connectivity index (χ1n) is 6.61. The summed E-state index contributed by atoms with van der Waals surface area (Å²) in [5, 5.41) is 16.5. The molecule has 0 aliphatic carbocycles. The summed E-state index contributed by atoms with van der Waals surface area (Å²) in [4.78, 5) is 22.1. The number of hydrogen-bond donors (Lipinski definition) is 1. The van der Waals surface area contributed by atoms with Gasteiger partial charge in [-0.3, -0.25) is 4.79 Å². The monoisotopic (exact) mass is 311 g/mol. The van der Waals surface area contributed by atoms with Crippen LogP contribution in [0.4, 0.5) is 4.39 Å². The number of carbonyl (C=O) groups excluding carboxylic acids is 1. The van der Waals surface area contributed by atoms with Gasteiger partial charge in [-0.1, -0.05) is 17.3 Å². The lowest BCUT2D eigenvalue weighted by atomic mass is 10.1. The standard InChI is InChI=1S/C16H10FN3O3/c17-13-4-2-1-3-12(13)15-14(9-21)18-19-20(15)11-7-5-10(6-8-11)16(22)23/h1-9H,(H,22,23). The van der Waals surface area contributed by atoms with Gasteiger partial charge in [0.1, 0.15) is 11.5 Å². The van der Waals surface area contributed by atoms with Crippen molar-refractivity contribution < 1.29 is 19.1 Å². The molecule has 6 nitrogen and oxygen atoms in total. The number of rotatable bonds is 4. The number of carboxylic acid groups (broad SMARTS) is 1. The largest absolute Gasteiger partial charge is 0.478 e. The molecule has 2 aromatic carbocycles. The molecule has 0 bridgehead atoms. The average Bonchev–Trinajstić information content (AvgIpc) is 2.99. The molecule has 0 saturated heterocycles. The van der Waals surface area contributed by atoms with Crippen LogP contribution < -0.4 is 0 Å². The van der Waals surface area contributed by atoms with E-state index in [9.17, 15) is 14.0 Å². The third-order valence-corrected chi connectivity index (χ3v) is 3.30. The molecule has 3 aromatic rings. The van der Waals surface area contributed by atoms with E-state index in [0.29, 0.717) is 12.0 Å². The summed E-state index contributed by atoms with van der Waals surface area (Å²) in [6.07, 6.45) is 0.497. The molecule has 7 heteroatoms. The number of nitrogens with zero attached hydrogens (tertiary/aromatic N) is 3. The number of halogens is 1. The Morgan fingerprint density at radius 2 is 1.83 bits per heavy atom. The fourth-order valence-corrected chi connectivity index (χ4v) is 2.20. The maximum absolute atomic E-state index is 14.1. The van der Waals surface area contributed by atoms with E-state index in [2.05, 4.69) is 10.3 Å². The van der Waals surface area contributed by atoms with Gasteiger partial charge in [0.25, 0.3) is 0 Å². The predicted octanol–water partition coefficient (Wildman–Crippen LogP) is 2.58. The van der Waals surface area contributed by atoms with Gasteiger partial charge in [-0.25, -0.2) is 13.9 Å². The average molecular weight is 311 g/mol. The Hall–Kier alpha value is -3.35. The van der Waals surface area contributed by atoms with E-state index in [4.69, 9.17) is 5.11 Å². The fraction of sp³-hybridized carbons (Fsp3) is 0. The van der Waals surface area contributed by atoms with Crippen molar-refractivity contribution in [3.8, 4) is 16.9 Å². The second kappa shape index (κ2) is 5.80. The summed E-state index contributed by atoms with van der Waals surface area (Å²) >= 11 is 0. The van der Waals surface area contributed by atoms with Crippen LogP contribution in [0, 0.1) is 5.82 Å². The van der Waals surface area contributed by atoms with Gasteiger partial charge in [-0.05, 0) is 36.4 Å². The zero-order chi connectivity index (χ0) is 16.4. The first-order chi connectivity index (χ1) is 11.1. The molecule has 0 spiro atoms. The van der Waals surface area contributed by atoms with E-state index in [1.165, 1.54) is 47.1 Å². The zero-order valence-electron chi connectivity index (χ0n) is 11.7. The van der Waals surface area contributed by atoms with E-state index in [-0.39, 0.29) is 22.5 Å². The third kappa shape index (κ3) is 2.59. The Balaban J connectivity index is 2.18. The van der Waals surface area contributed by atoms with Gasteiger partial charge in [0.2, 0.25) is 0 Å². The molecule has 1 N–H and O–H groups in total. The highest BCUT2D eigenvalue weighted by atomic mass is 19.1. The van der Waals surface area contributed by atoms with Gasteiger partial charge in [-0.15, -0.1) is 5.10 Å². The van der Waals surface area contributed by atoms with Gasteiger partial charge in [-0.2, -0.15) is 0 Å². The summed E-state index contributed by atoms with van der Waals surface area (Å²) < 4.78 is 15.4. The van der Waals surface area contributed by atoms with Crippen molar-refractivity contribution in [3.63, 3.8) is 0 Å². The minimum Gasteiger partial charge on any atom is -0.478 e. The lowest BCUT2D eigenvalue weighted by Gasteiger charge is -2.08. The molecule has 0 amide bonds. The van der Waals surface area contributed by atoms with Gasteiger partial charge >= 0.3 is 5.97 Å². The summed E-state index contributed by atoms with van der Waals surface area (Å²) in [5.74, 6) is -1.57. The molecule has 0 atom stereocenters. The lowest BCUT2D eigenvalue weighted by molar-refractivity contribution is 0.0696. The minimum atomic E-state index is -1.06. The molecule has 114 valence electrons. The van der Waals surface area contributed by atoms with Crippen molar-refractivity contribution >= 4 is 12.3 Å². The van der Waals surface area contributed by atoms with E-state index < -0.39 is 11.8 Å². The maximum Gasteiger partial charge on any atom is 0.335 e. The second-order valence-corrected chi connectivity index (χ2v) is 4.68.